The molecule has 1 aliphatic heterocycles. The molecule has 5 nitrogen and oxygen atoms in total. The minimum atomic E-state index is -0.423. The zero-order valence-corrected chi connectivity index (χ0v) is 10.6. The second-order valence-corrected chi connectivity index (χ2v) is 4.70. The van der Waals surface area contributed by atoms with Crippen molar-refractivity contribution in [1.29, 1.82) is 0 Å². The maximum atomic E-state index is 11.7. The van der Waals surface area contributed by atoms with E-state index in [1.165, 1.54) is 7.11 Å². The highest BCUT2D eigenvalue weighted by Gasteiger charge is 2.27. The molecule has 6 heteroatoms. The van der Waals surface area contributed by atoms with Crippen LogP contribution in [0.15, 0.2) is 18.3 Å². The molecule has 1 saturated heterocycles. The summed E-state index contributed by atoms with van der Waals surface area (Å²) in [5, 5.41) is 3.80. The molecule has 1 fully saturated rings. The quantitative estimate of drug-likeness (QED) is 0.836. The fourth-order valence-corrected chi connectivity index (χ4v) is 2.25. The Morgan fingerprint density at radius 3 is 2.94 bits per heavy atom. The van der Waals surface area contributed by atoms with Crippen LogP contribution in [0.1, 0.15) is 22.2 Å². The molecule has 0 radical (unpaired) electrons. The molecule has 1 aliphatic rings. The van der Waals surface area contributed by atoms with E-state index in [0.717, 1.165) is 24.4 Å². The summed E-state index contributed by atoms with van der Waals surface area (Å²) in [5.41, 5.74) is 1.07. The number of methoxy groups -OCH3 is 1. The number of ether oxygens (including phenoxy) is 1. The molecule has 0 spiro atoms. The van der Waals surface area contributed by atoms with Gasteiger partial charge in [0.2, 0.25) is 0 Å². The molecule has 0 bridgehead atoms. The van der Waals surface area contributed by atoms with E-state index in [0.29, 0.717) is 16.6 Å². The van der Waals surface area contributed by atoms with Crippen molar-refractivity contribution in [3.8, 4) is 0 Å². The highest BCUT2D eigenvalue weighted by Crippen LogP contribution is 2.25. The first-order valence-electron chi connectivity index (χ1n) is 5.67. The second-order valence-electron chi connectivity index (χ2n) is 4.27. The molecular weight excluding hydrogens is 254 g/mol. The highest BCUT2D eigenvalue weighted by molar-refractivity contribution is 6.30. The Morgan fingerprint density at radius 1 is 1.56 bits per heavy atom. The van der Waals surface area contributed by atoms with Crippen LogP contribution in [0, 0.1) is 0 Å². The van der Waals surface area contributed by atoms with Crippen LogP contribution < -0.4 is 5.32 Å². The number of fused-ring (bicyclic) bond motifs is 1. The van der Waals surface area contributed by atoms with E-state index in [-0.39, 0.29) is 0 Å². The van der Waals surface area contributed by atoms with E-state index in [4.69, 9.17) is 16.3 Å². The van der Waals surface area contributed by atoms with Crippen LogP contribution in [0.2, 0.25) is 5.02 Å². The van der Waals surface area contributed by atoms with Crippen LogP contribution in [-0.2, 0) is 4.74 Å². The van der Waals surface area contributed by atoms with E-state index < -0.39 is 5.97 Å². The zero-order chi connectivity index (χ0) is 12.7. The molecule has 18 heavy (non-hydrogen) atoms. The van der Waals surface area contributed by atoms with Gasteiger partial charge in [-0.1, -0.05) is 11.6 Å². The van der Waals surface area contributed by atoms with Gasteiger partial charge in [0.1, 0.15) is 5.82 Å². The van der Waals surface area contributed by atoms with Crippen molar-refractivity contribution in [2.75, 3.05) is 20.2 Å². The average Bonchev–Trinajstić information content (AvgIpc) is 2.65. The van der Waals surface area contributed by atoms with Gasteiger partial charge in [0, 0.05) is 25.2 Å². The summed E-state index contributed by atoms with van der Waals surface area (Å²) in [6.45, 7) is 1.73. The van der Waals surface area contributed by atoms with Gasteiger partial charge < -0.3 is 14.5 Å². The molecule has 0 aliphatic carbocycles. The lowest BCUT2D eigenvalue weighted by molar-refractivity contribution is 0.0596. The fourth-order valence-electron chi connectivity index (χ4n) is 2.09. The monoisotopic (exact) mass is 265 g/mol. The average molecular weight is 266 g/mol. The molecule has 3 rings (SSSR count). The molecule has 0 unspecified atom stereocenters. The largest absolute Gasteiger partial charge is 0.464 e. The number of nitrogens with one attached hydrogen (secondary N) is 1. The number of hydrogen-bond acceptors (Lipinski definition) is 4. The Labute approximate surface area is 109 Å². The molecule has 3 heterocycles. The van der Waals surface area contributed by atoms with Gasteiger partial charge in [0.15, 0.2) is 5.69 Å². The van der Waals surface area contributed by atoms with E-state index in [9.17, 15) is 4.79 Å². The molecule has 94 valence electrons. The summed E-state index contributed by atoms with van der Waals surface area (Å²) < 4.78 is 6.63. The summed E-state index contributed by atoms with van der Waals surface area (Å²) in [6, 6.07) is 3.53. The number of rotatable bonds is 2. The lowest BCUT2D eigenvalue weighted by Gasteiger charge is -2.25. The lowest BCUT2D eigenvalue weighted by atomic mass is 10.0. The second kappa shape index (κ2) is 4.26. The molecule has 0 saturated carbocycles. The number of esters is 1. The minimum absolute atomic E-state index is 0.314. The van der Waals surface area contributed by atoms with Crippen molar-refractivity contribution in [3.63, 3.8) is 0 Å². The smallest absolute Gasteiger partial charge is 0.358 e. The van der Waals surface area contributed by atoms with Gasteiger partial charge >= 0.3 is 5.97 Å². The maximum Gasteiger partial charge on any atom is 0.358 e. The number of aromatic nitrogens is 2. The Balaban J connectivity index is 2.21. The van der Waals surface area contributed by atoms with Crippen molar-refractivity contribution >= 4 is 23.1 Å². The molecule has 0 aromatic carbocycles. The summed E-state index contributed by atoms with van der Waals surface area (Å²) in [4.78, 5) is 16.1. The molecule has 2 aromatic rings. The number of hydrogen-bond donors (Lipinski definition) is 1. The standard InChI is InChI=1S/C12H12ClN3O2/c1-18-12(17)10-9-3-2-8(13)6-16(9)11(15-10)7-4-14-5-7/h2-3,6-7,14H,4-5H2,1H3. The van der Waals surface area contributed by atoms with Crippen molar-refractivity contribution in [2.24, 2.45) is 0 Å². The van der Waals surface area contributed by atoms with Crippen LogP contribution in [0.3, 0.4) is 0 Å². The van der Waals surface area contributed by atoms with Gasteiger partial charge in [0.05, 0.1) is 17.6 Å². The number of carbonyl (C=O) groups excluding carboxylic acids is 1. The molecule has 1 N–H and O–H groups in total. The van der Waals surface area contributed by atoms with Crippen LogP contribution in [0.25, 0.3) is 5.52 Å². The lowest BCUT2D eigenvalue weighted by Crippen LogP contribution is -2.40. The van der Waals surface area contributed by atoms with Gasteiger partial charge in [-0.15, -0.1) is 0 Å². The zero-order valence-electron chi connectivity index (χ0n) is 9.81. The van der Waals surface area contributed by atoms with Crippen molar-refractivity contribution < 1.29 is 9.53 Å². The third kappa shape index (κ3) is 1.67. The molecule has 2 aromatic heterocycles. The minimum Gasteiger partial charge on any atom is -0.464 e. The number of carbonyl (C=O) groups is 1. The predicted octanol–water partition coefficient (Wildman–Crippen LogP) is 1.46. The number of halogens is 1. The first-order valence-corrected chi connectivity index (χ1v) is 6.05. The van der Waals surface area contributed by atoms with E-state index in [1.54, 1.807) is 18.3 Å². The van der Waals surface area contributed by atoms with E-state index in [2.05, 4.69) is 10.3 Å². The van der Waals surface area contributed by atoms with Crippen molar-refractivity contribution in [2.45, 2.75) is 5.92 Å². The maximum absolute atomic E-state index is 11.7. The Morgan fingerprint density at radius 2 is 2.33 bits per heavy atom. The predicted molar refractivity (Wildman–Crippen MR) is 67.2 cm³/mol. The van der Waals surface area contributed by atoms with E-state index >= 15 is 0 Å². The van der Waals surface area contributed by atoms with Gasteiger partial charge in [-0.05, 0) is 12.1 Å². The summed E-state index contributed by atoms with van der Waals surface area (Å²) >= 11 is 6.00. The Bertz CT molecular complexity index is 619. The highest BCUT2D eigenvalue weighted by atomic mass is 35.5. The molecule has 0 amide bonds. The summed E-state index contributed by atoms with van der Waals surface area (Å²) in [5.74, 6) is 0.745. The Hall–Kier alpha value is -1.59. The summed E-state index contributed by atoms with van der Waals surface area (Å²) in [7, 11) is 1.36. The van der Waals surface area contributed by atoms with Crippen molar-refractivity contribution in [3.05, 3.63) is 34.9 Å². The van der Waals surface area contributed by atoms with Gasteiger partial charge in [0.25, 0.3) is 0 Å². The van der Waals surface area contributed by atoms with Crippen LogP contribution in [0.4, 0.5) is 0 Å². The SMILES string of the molecule is COC(=O)c1nc(C2CNC2)n2cc(Cl)ccc12. The molecule has 0 atom stereocenters. The van der Waals surface area contributed by atoms with Crippen LogP contribution in [0.5, 0.6) is 0 Å². The van der Waals surface area contributed by atoms with Gasteiger partial charge in [-0.2, -0.15) is 0 Å². The normalized spacial score (nSPS) is 15.7. The van der Waals surface area contributed by atoms with Crippen LogP contribution >= 0.6 is 11.6 Å². The van der Waals surface area contributed by atoms with Gasteiger partial charge in [-0.25, -0.2) is 9.78 Å². The fraction of sp³-hybridized carbons (Fsp3) is 0.333. The number of imidazole rings is 1. The Kier molecular flexibility index (Phi) is 2.72. The topological polar surface area (TPSA) is 55.6 Å². The third-order valence-electron chi connectivity index (χ3n) is 3.15. The number of pyridine rings is 1. The van der Waals surface area contributed by atoms with Gasteiger partial charge in [-0.3, -0.25) is 0 Å². The summed E-state index contributed by atoms with van der Waals surface area (Å²) in [6.07, 6.45) is 1.78. The third-order valence-corrected chi connectivity index (χ3v) is 3.38. The molecular formula is C12H12ClN3O2. The first kappa shape index (κ1) is 11.5. The van der Waals surface area contributed by atoms with Crippen molar-refractivity contribution in [1.82, 2.24) is 14.7 Å². The number of nitrogens with zero attached hydrogens (tertiary/aromatic N) is 2. The first-order chi connectivity index (χ1) is 8.70. The van der Waals surface area contributed by atoms with Crippen LogP contribution in [-0.4, -0.2) is 35.6 Å². The van der Waals surface area contributed by atoms with E-state index in [1.807, 2.05) is 4.40 Å².